The summed E-state index contributed by atoms with van der Waals surface area (Å²) in [6.07, 6.45) is 0. The molecule has 0 radical (unpaired) electrons. The first-order chi connectivity index (χ1) is 7.36. The van der Waals surface area contributed by atoms with Gasteiger partial charge in [-0.1, -0.05) is 6.58 Å². The van der Waals surface area contributed by atoms with Crippen molar-refractivity contribution in [3.05, 3.63) is 12.2 Å². The second kappa shape index (κ2) is 7.00. The summed E-state index contributed by atoms with van der Waals surface area (Å²) in [4.78, 5) is 24.2. The van der Waals surface area contributed by atoms with E-state index in [4.69, 9.17) is 4.74 Å². The minimum Gasteiger partial charge on any atom is -0.463 e. The van der Waals surface area contributed by atoms with Gasteiger partial charge in [-0.25, -0.2) is 0 Å². The third-order valence-electron chi connectivity index (χ3n) is 2.14. The number of nitrogens with zero attached hydrogens (tertiary/aromatic N) is 1. The van der Waals surface area contributed by atoms with E-state index in [1.165, 1.54) is 0 Å². The van der Waals surface area contributed by atoms with Crippen molar-refractivity contribution in [3.8, 4) is 0 Å². The first-order valence-electron chi connectivity index (χ1n) is 5.13. The molecule has 0 aromatic rings. The molecule has 5 heteroatoms. The number of ether oxygens (including phenoxy) is 1. The summed E-state index contributed by atoms with van der Waals surface area (Å²) >= 11 is 0. The second-order valence-electron chi connectivity index (χ2n) is 3.84. The molecule has 0 aliphatic heterocycles. The molecule has 0 saturated heterocycles. The predicted molar refractivity (Wildman–Crippen MR) is 61.9 cm³/mol. The average Bonchev–Trinajstić information content (AvgIpc) is 2.22. The minimum atomic E-state index is -0.297. The maximum Gasteiger partial charge on any atom is 0.323 e. The molecule has 0 bridgehead atoms. The van der Waals surface area contributed by atoms with Crippen molar-refractivity contribution in [3.63, 3.8) is 0 Å². The molecule has 16 heavy (non-hydrogen) atoms. The molecule has 0 spiro atoms. The third-order valence-corrected chi connectivity index (χ3v) is 2.14. The minimum absolute atomic E-state index is 0.177. The molecule has 1 amide bonds. The van der Waals surface area contributed by atoms with Crippen LogP contribution in [0.1, 0.15) is 13.8 Å². The summed E-state index contributed by atoms with van der Waals surface area (Å²) in [7, 11) is 3.60. The number of carbonyl (C=O) groups is 2. The topological polar surface area (TPSA) is 58.6 Å². The fourth-order valence-electron chi connectivity index (χ4n) is 0.798. The molecule has 1 N–H and O–H groups in total. The van der Waals surface area contributed by atoms with Gasteiger partial charge in [0, 0.05) is 5.57 Å². The largest absolute Gasteiger partial charge is 0.463 e. The summed E-state index contributed by atoms with van der Waals surface area (Å²) in [5.74, 6) is -0.522. The van der Waals surface area contributed by atoms with E-state index in [0.29, 0.717) is 12.1 Å². The van der Waals surface area contributed by atoms with Crippen molar-refractivity contribution in [1.82, 2.24) is 10.2 Å². The van der Waals surface area contributed by atoms with Crippen molar-refractivity contribution in [2.45, 2.75) is 19.9 Å². The Kier molecular flexibility index (Phi) is 6.41. The summed E-state index contributed by atoms with van der Waals surface area (Å²) in [5.41, 5.74) is 0.438. The quantitative estimate of drug-likeness (QED) is 0.400. The van der Waals surface area contributed by atoms with Crippen LogP contribution in [0.4, 0.5) is 0 Å². The zero-order valence-electron chi connectivity index (χ0n) is 10.4. The third kappa shape index (κ3) is 5.50. The standard InChI is InChI=1S/C11H20N2O3/c1-8(2)10(14)12-6-7-16-11(15)9(3)13(4)5/h9H,1,6-7H2,2-5H3,(H,12,14). The molecular weight excluding hydrogens is 208 g/mol. The van der Waals surface area contributed by atoms with Crippen LogP contribution in [0, 0.1) is 0 Å². The molecule has 92 valence electrons. The fourth-order valence-corrected chi connectivity index (χ4v) is 0.798. The number of likely N-dealkylation sites (N-methyl/N-ethyl adjacent to an activating group) is 1. The number of hydrogen-bond acceptors (Lipinski definition) is 4. The first-order valence-corrected chi connectivity index (χ1v) is 5.13. The van der Waals surface area contributed by atoms with Crippen LogP contribution in [-0.2, 0) is 14.3 Å². The van der Waals surface area contributed by atoms with Gasteiger partial charge in [-0.2, -0.15) is 0 Å². The smallest absolute Gasteiger partial charge is 0.323 e. The van der Waals surface area contributed by atoms with Crippen molar-refractivity contribution in [2.24, 2.45) is 0 Å². The van der Waals surface area contributed by atoms with Gasteiger partial charge in [0.1, 0.15) is 12.6 Å². The van der Waals surface area contributed by atoms with Gasteiger partial charge in [-0.3, -0.25) is 14.5 Å². The summed E-state index contributed by atoms with van der Waals surface area (Å²) in [6, 6.07) is -0.281. The van der Waals surface area contributed by atoms with E-state index in [0.717, 1.165) is 0 Å². The Labute approximate surface area is 96.4 Å². The highest BCUT2D eigenvalue weighted by Crippen LogP contribution is 1.94. The Hall–Kier alpha value is -1.36. The van der Waals surface area contributed by atoms with Crippen LogP contribution in [0.3, 0.4) is 0 Å². The highest BCUT2D eigenvalue weighted by atomic mass is 16.5. The molecule has 0 rings (SSSR count). The molecule has 0 aliphatic rings. The predicted octanol–water partition coefficient (Wildman–Crippen LogP) is 0.172. The maximum atomic E-state index is 11.4. The van der Waals surface area contributed by atoms with Gasteiger partial charge >= 0.3 is 5.97 Å². The number of rotatable bonds is 6. The zero-order valence-corrected chi connectivity index (χ0v) is 10.4. The van der Waals surface area contributed by atoms with E-state index in [2.05, 4.69) is 11.9 Å². The van der Waals surface area contributed by atoms with Crippen LogP contribution < -0.4 is 5.32 Å². The van der Waals surface area contributed by atoms with Gasteiger partial charge in [0.15, 0.2) is 0 Å². The molecule has 0 aromatic carbocycles. The lowest BCUT2D eigenvalue weighted by Gasteiger charge is -2.18. The SMILES string of the molecule is C=C(C)C(=O)NCCOC(=O)C(C)N(C)C. The monoisotopic (exact) mass is 228 g/mol. The normalized spacial score (nSPS) is 12.1. The number of carbonyl (C=O) groups excluding carboxylic acids is 2. The molecule has 0 aromatic heterocycles. The van der Waals surface area contributed by atoms with E-state index < -0.39 is 0 Å². The van der Waals surface area contributed by atoms with E-state index in [1.807, 2.05) is 0 Å². The lowest BCUT2D eigenvalue weighted by atomic mass is 10.3. The Morgan fingerprint density at radius 3 is 2.44 bits per heavy atom. The number of amides is 1. The highest BCUT2D eigenvalue weighted by molar-refractivity contribution is 5.92. The Morgan fingerprint density at radius 2 is 2.00 bits per heavy atom. The number of hydrogen-bond donors (Lipinski definition) is 1. The van der Waals surface area contributed by atoms with Crippen LogP contribution in [0.25, 0.3) is 0 Å². The fraction of sp³-hybridized carbons (Fsp3) is 0.636. The average molecular weight is 228 g/mol. The number of nitrogens with one attached hydrogen (secondary N) is 1. The van der Waals surface area contributed by atoms with Crippen molar-refractivity contribution < 1.29 is 14.3 Å². The van der Waals surface area contributed by atoms with Gasteiger partial charge in [0.05, 0.1) is 6.54 Å². The summed E-state index contributed by atoms with van der Waals surface area (Å²) in [6.45, 7) is 7.35. The van der Waals surface area contributed by atoms with E-state index in [9.17, 15) is 9.59 Å². The van der Waals surface area contributed by atoms with E-state index in [1.54, 1.807) is 32.8 Å². The van der Waals surface area contributed by atoms with Gasteiger partial charge in [-0.15, -0.1) is 0 Å². The van der Waals surface area contributed by atoms with Gasteiger partial charge < -0.3 is 10.1 Å². The molecule has 5 nitrogen and oxygen atoms in total. The summed E-state index contributed by atoms with van der Waals surface area (Å²) < 4.78 is 4.97. The van der Waals surface area contributed by atoms with Gasteiger partial charge in [0.2, 0.25) is 5.91 Å². The molecule has 1 atom stereocenters. The van der Waals surface area contributed by atoms with Crippen LogP contribution >= 0.6 is 0 Å². The van der Waals surface area contributed by atoms with E-state index >= 15 is 0 Å². The molecule has 0 aliphatic carbocycles. The van der Waals surface area contributed by atoms with Crippen LogP contribution in [0.15, 0.2) is 12.2 Å². The Balaban J connectivity index is 3.71. The van der Waals surface area contributed by atoms with Crippen molar-refractivity contribution in [1.29, 1.82) is 0 Å². The van der Waals surface area contributed by atoms with Gasteiger partial charge in [-0.05, 0) is 27.9 Å². The molecule has 0 heterocycles. The zero-order chi connectivity index (χ0) is 12.7. The Bertz CT molecular complexity index is 274. The summed E-state index contributed by atoms with van der Waals surface area (Å²) in [5, 5.41) is 2.58. The Morgan fingerprint density at radius 1 is 1.44 bits per heavy atom. The van der Waals surface area contributed by atoms with Crippen LogP contribution in [-0.4, -0.2) is 50.1 Å². The highest BCUT2D eigenvalue weighted by Gasteiger charge is 2.15. The molecular formula is C11H20N2O3. The molecule has 1 unspecified atom stereocenters. The molecule has 0 fully saturated rings. The second-order valence-corrected chi connectivity index (χ2v) is 3.84. The van der Waals surface area contributed by atoms with Crippen molar-refractivity contribution >= 4 is 11.9 Å². The van der Waals surface area contributed by atoms with Crippen LogP contribution in [0.2, 0.25) is 0 Å². The lowest BCUT2D eigenvalue weighted by molar-refractivity contribution is -0.148. The van der Waals surface area contributed by atoms with E-state index in [-0.39, 0.29) is 24.5 Å². The van der Waals surface area contributed by atoms with Gasteiger partial charge in [0.25, 0.3) is 0 Å². The van der Waals surface area contributed by atoms with Crippen molar-refractivity contribution in [2.75, 3.05) is 27.2 Å². The first kappa shape index (κ1) is 14.6. The lowest BCUT2D eigenvalue weighted by Crippen LogP contribution is -2.36. The maximum absolute atomic E-state index is 11.4. The molecule has 0 saturated carbocycles. The number of esters is 1. The van der Waals surface area contributed by atoms with Crippen LogP contribution in [0.5, 0.6) is 0 Å².